The average molecular weight is 363 g/mol. The van der Waals surface area contributed by atoms with Crippen LogP contribution in [0.3, 0.4) is 0 Å². The topological polar surface area (TPSA) is 78.0 Å². The van der Waals surface area contributed by atoms with Gasteiger partial charge < -0.3 is 0 Å². The number of fused-ring (bicyclic) bond motifs is 1. The molecule has 0 N–H and O–H groups in total. The SMILES string of the molecule is CCCCSc1nc2c(c(=O)n1-c1ccc([N+](=O)[O-])cc1)SCC2. The lowest BCUT2D eigenvalue weighted by Gasteiger charge is -2.13. The van der Waals surface area contributed by atoms with Crippen LogP contribution in [0.4, 0.5) is 5.69 Å². The Morgan fingerprint density at radius 1 is 1.38 bits per heavy atom. The minimum Gasteiger partial charge on any atom is -0.268 e. The maximum absolute atomic E-state index is 12.9. The average Bonchev–Trinajstić information content (AvgIpc) is 3.04. The summed E-state index contributed by atoms with van der Waals surface area (Å²) in [7, 11) is 0. The molecule has 1 aliphatic rings. The highest BCUT2D eigenvalue weighted by Gasteiger charge is 2.22. The summed E-state index contributed by atoms with van der Waals surface area (Å²) in [4.78, 5) is 28.7. The van der Waals surface area contributed by atoms with Crippen LogP contribution in [0.1, 0.15) is 25.5 Å². The Labute approximate surface area is 147 Å². The molecule has 2 heterocycles. The molecule has 1 aromatic carbocycles. The number of benzene rings is 1. The molecular formula is C16H17N3O3S2. The quantitative estimate of drug-likeness (QED) is 0.256. The molecule has 3 rings (SSSR count). The Kier molecular flexibility index (Phi) is 5.25. The Hall–Kier alpha value is -1.80. The second-order valence-electron chi connectivity index (χ2n) is 5.38. The van der Waals surface area contributed by atoms with Gasteiger partial charge in [-0.3, -0.25) is 19.5 Å². The summed E-state index contributed by atoms with van der Waals surface area (Å²) in [6, 6.07) is 6.06. The molecular weight excluding hydrogens is 346 g/mol. The number of thioether (sulfide) groups is 2. The van der Waals surface area contributed by atoms with Gasteiger partial charge in [-0.05, 0) is 18.6 Å². The monoisotopic (exact) mass is 363 g/mol. The molecule has 8 heteroatoms. The van der Waals surface area contributed by atoms with Crippen LogP contribution < -0.4 is 5.56 Å². The van der Waals surface area contributed by atoms with Crippen molar-refractivity contribution in [1.82, 2.24) is 9.55 Å². The molecule has 0 unspecified atom stereocenters. The van der Waals surface area contributed by atoms with E-state index in [1.165, 1.54) is 23.9 Å². The first-order valence-corrected chi connectivity index (χ1v) is 9.75. The van der Waals surface area contributed by atoms with E-state index < -0.39 is 4.92 Å². The number of unbranched alkanes of at least 4 members (excludes halogenated alkanes) is 1. The number of non-ortho nitro benzene ring substituents is 1. The molecule has 0 aliphatic carbocycles. The lowest BCUT2D eigenvalue weighted by Crippen LogP contribution is -2.23. The molecule has 0 amide bonds. The van der Waals surface area contributed by atoms with E-state index in [1.807, 2.05) is 0 Å². The third-order valence-corrected chi connectivity index (χ3v) is 5.85. The highest BCUT2D eigenvalue weighted by Crippen LogP contribution is 2.30. The van der Waals surface area contributed by atoms with E-state index in [-0.39, 0.29) is 11.2 Å². The summed E-state index contributed by atoms with van der Waals surface area (Å²) in [5.74, 6) is 1.77. The molecule has 2 aromatic rings. The molecule has 0 saturated heterocycles. The third-order valence-electron chi connectivity index (χ3n) is 3.71. The number of rotatable bonds is 6. The number of aromatic nitrogens is 2. The minimum absolute atomic E-state index is 0.00970. The number of hydrogen-bond acceptors (Lipinski definition) is 6. The molecule has 0 fully saturated rings. The lowest BCUT2D eigenvalue weighted by molar-refractivity contribution is -0.384. The second-order valence-corrected chi connectivity index (χ2v) is 7.55. The van der Waals surface area contributed by atoms with Crippen molar-refractivity contribution in [2.45, 2.75) is 36.2 Å². The van der Waals surface area contributed by atoms with Crippen LogP contribution in [0.2, 0.25) is 0 Å². The lowest BCUT2D eigenvalue weighted by atomic mass is 10.2. The van der Waals surface area contributed by atoms with Crippen LogP contribution in [0.5, 0.6) is 0 Å². The number of hydrogen-bond donors (Lipinski definition) is 0. The van der Waals surface area contributed by atoms with Crippen molar-refractivity contribution in [2.75, 3.05) is 11.5 Å². The van der Waals surface area contributed by atoms with Crippen molar-refractivity contribution in [1.29, 1.82) is 0 Å². The van der Waals surface area contributed by atoms with Gasteiger partial charge in [-0.15, -0.1) is 11.8 Å². The summed E-state index contributed by atoms with van der Waals surface area (Å²) >= 11 is 3.10. The Balaban J connectivity index is 2.07. The number of nitro groups is 1. The smallest absolute Gasteiger partial charge is 0.268 e. The molecule has 0 saturated carbocycles. The van der Waals surface area contributed by atoms with Crippen molar-refractivity contribution < 1.29 is 4.92 Å². The van der Waals surface area contributed by atoms with Crippen LogP contribution in [-0.4, -0.2) is 26.0 Å². The summed E-state index contributed by atoms with van der Waals surface area (Å²) in [5, 5.41) is 11.5. The van der Waals surface area contributed by atoms with Crippen LogP contribution in [0, 0.1) is 10.1 Å². The van der Waals surface area contributed by atoms with Gasteiger partial charge in [-0.1, -0.05) is 25.1 Å². The molecule has 6 nitrogen and oxygen atoms in total. The van der Waals surface area contributed by atoms with Crippen molar-refractivity contribution in [3.8, 4) is 5.69 Å². The first kappa shape index (κ1) is 17.0. The highest BCUT2D eigenvalue weighted by molar-refractivity contribution is 7.99. The third kappa shape index (κ3) is 3.34. The van der Waals surface area contributed by atoms with E-state index in [0.29, 0.717) is 15.7 Å². The van der Waals surface area contributed by atoms with E-state index in [9.17, 15) is 14.9 Å². The fourth-order valence-corrected chi connectivity index (χ4v) is 4.58. The molecule has 24 heavy (non-hydrogen) atoms. The van der Waals surface area contributed by atoms with Crippen molar-refractivity contribution in [2.24, 2.45) is 0 Å². The van der Waals surface area contributed by atoms with Crippen molar-refractivity contribution in [3.05, 3.63) is 50.4 Å². The van der Waals surface area contributed by atoms with E-state index in [2.05, 4.69) is 6.92 Å². The molecule has 0 atom stereocenters. The Morgan fingerprint density at radius 2 is 2.12 bits per heavy atom. The van der Waals surface area contributed by atoms with Gasteiger partial charge in [0.2, 0.25) is 0 Å². The zero-order valence-electron chi connectivity index (χ0n) is 13.2. The van der Waals surface area contributed by atoms with Gasteiger partial charge >= 0.3 is 0 Å². The summed E-state index contributed by atoms with van der Waals surface area (Å²) in [5.41, 5.74) is 1.43. The normalized spacial score (nSPS) is 13.0. The van der Waals surface area contributed by atoms with Crippen LogP contribution in [-0.2, 0) is 6.42 Å². The fourth-order valence-electron chi connectivity index (χ4n) is 2.45. The molecule has 1 aliphatic heterocycles. The van der Waals surface area contributed by atoms with Gasteiger partial charge in [0.25, 0.3) is 11.2 Å². The molecule has 126 valence electrons. The summed E-state index contributed by atoms with van der Waals surface area (Å²) in [6.45, 7) is 2.12. The zero-order valence-corrected chi connectivity index (χ0v) is 14.9. The van der Waals surface area contributed by atoms with E-state index in [4.69, 9.17) is 4.98 Å². The number of nitro benzene ring substituents is 1. The standard InChI is InChI=1S/C16H17N3O3S2/c1-2-3-9-24-16-17-13-8-10-23-14(13)15(20)18(16)11-4-6-12(7-5-11)19(21)22/h4-7H,2-3,8-10H2,1H3. The van der Waals surface area contributed by atoms with E-state index in [0.717, 1.165) is 36.5 Å². The maximum atomic E-state index is 12.9. The molecule has 0 spiro atoms. The largest absolute Gasteiger partial charge is 0.272 e. The molecule has 1 aromatic heterocycles. The first-order chi connectivity index (χ1) is 11.6. The molecule has 0 radical (unpaired) electrons. The Bertz CT molecular complexity index is 819. The van der Waals surface area contributed by atoms with Gasteiger partial charge in [-0.2, -0.15) is 0 Å². The van der Waals surface area contributed by atoms with Crippen LogP contribution >= 0.6 is 23.5 Å². The fraction of sp³-hybridized carbons (Fsp3) is 0.375. The van der Waals surface area contributed by atoms with Gasteiger partial charge in [0.05, 0.1) is 21.2 Å². The number of aryl methyl sites for hydroxylation is 1. The van der Waals surface area contributed by atoms with E-state index >= 15 is 0 Å². The minimum atomic E-state index is -0.444. The van der Waals surface area contributed by atoms with Gasteiger partial charge in [0.1, 0.15) is 0 Å². The van der Waals surface area contributed by atoms with Gasteiger partial charge in [0.15, 0.2) is 5.16 Å². The predicted molar refractivity (Wildman–Crippen MR) is 96.5 cm³/mol. The maximum Gasteiger partial charge on any atom is 0.272 e. The van der Waals surface area contributed by atoms with Crippen molar-refractivity contribution in [3.63, 3.8) is 0 Å². The summed E-state index contributed by atoms with van der Waals surface area (Å²) < 4.78 is 1.58. The Morgan fingerprint density at radius 3 is 2.79 bits per heavy atom. The van der Waals surface area contributed by atoms with Crippen LogP contribution in [0.25, 0.3) is 5.69 Å². The number of nitrogens with zero attached hydrogens (tertiary/aromatic N) is 3. The first-order valence-electron chi connectivity index (χ1n) is 7.78. The van der Waals surface area contributed by atoms with E-state index in [1.54, 1.807) is 28.5 Å². The predicted octanol–water partition coefficient (Wildman–Crippen LogP) is 3.68. The van der Waals surface area contributed by atoms with Crippen LogP contribution in [0.15, 0.2) is 39.1 Å². The molecule has 0 bridgehead atoms. The zero-order chi connectivity index (χ0) is 17.1. The van der Waals surface area contributed by atoms with Gasteiger partial charge in [-0.25, -0.2) is 4.98 Å². The highest BCUT2D eigenvalue weighted by atomic mass is 32.2. The van der Waals surface area contributed by atoms with Crippen molar-refractivity contribution >= 4 is 29.2 Å². The summed E-state index contributed by atoms with van der Waals surface area (Å²) in [6.07, 6.45) is 2.94. The van der Waals surface area contributed by atoms with Gasteiger partial charge in [0, 0.05) is 30.1 Å². The second kappa shape index (κ2) is 7.40.